The van der Waals surface area contributed by atoms with Crippen LogP contribution in [-0.2, 0) is 11.2 Å². The molecule has 0 atom stereocenters. The molecular weight excluding hydrogens is 343 g/mol. The SMILES string of the molecule is N#CCN(CC#N)C(=O)CCc1c(-c2ccccc2)[nH]c2ccc(F)cc12. The molecule has 1 aromatic heterocycles. The van der Waals surface area contributed by atoms with Crippen LogP contribution in [0.1, 0.15) is 12.0 Å². The molecule has 0 unspecified atom stereocenters. The standard InChI is InChI=1S/C21H17FN4O/c22-16-6-8-19-18(14-16)17(21(25-19)15-4-2-1-3-5-15)7-9-20(27)26(12-10-23)13-11-24/h1-6,8,14,25H,7,9,12-13H2. The Morgan fingerprint density at radius 1 is 1.07 bits per heavy atom. The Bertz CT molecular complexity index is 1030. The van der Waals surface area contributed by atoms with Crippen molar-refractivity contribution in [3.8, 4) is 23.4 Å². The van der Waals surface area contributed by atoms with Crippen LogP contribution < -0.4 is 0 Å². The molecule has 1 N–H and O–H groups in total. The summed E-state index contributed by atoms with van der Waals surface area (Å²) in [6.07, 6.45) is 0.506. The van der Waals surface area contributed by atoms with Crippen molar-refractivity contribution in [1.29, 1.82) is 10.5 Å². The highest BCUT2D eigenvalue weighted by atomic mass is 19.1. The van der Waals surface area contributed by atoms with Crippen LogP contribution in [0, 0.1) is 28.5 Å². The number of nitrogens with zero attached hydrogens (tertiary/aromatic N) is 3. The second-order valence-corrected chi connectivity index (χ2v) is 6.10. The Hall–Kier alpha value is -3.64. The Labute approximate surface area is 156 Å². The fourth-order valence-corrected chi connectivity index (χ4v) is 3.12. The van der Waals surface area contributed by atoms with Gasteiger partial charge in [0, 0.05) is 23.0 Å². The number of hydrogen-bond acceptors (Lipinski definition) is 3. The Morgan fingerprint density at radius 3 is 2.44 bits per heavy atom. The first-order valence-electron chi connectivity index (χ1n) is 8.51. The first kappa shape index (κ1) is 18.2. The van der Waals surface area contributed by atoms with E-state index in [4.69, 9.17) is 10.5 Å². The molecular formula is C21H17FN4O. The van der Waals surface area contributed by atoms with Gasteiger partial charge in [-0.2, -0.15) is 10.5 Å². The smallest absolute Gasteiger partial charge is 0.224 e. The van der Waals surface area contributed by atoms with Crippen molar-refractivity contribution in [1.82, 2.24) is 9.88 Å². The lowest BCUT2D eigenvalue weighted by Gasteiger charge is -2.15. The maximum atomic E-state index is 13.8. The molecule has 5 nitrogen and oxygen atoms in total. The number of amides is 1. The van der Waals surface area contributed by atoms with E-state index in [0.717, 1.165) is 27.7 Å². The highest BCUT2D eigenvalue weighted by molar-refractivity contribution is 5.91. The van der Waals surface area contributed by atoms with E-state index in [1.165, 1.54) is 17.0 Å². The van der Waals surface area contributed by atoms with Crippen LogP contribution in [0.5, 0.6) is 0 Å². The number of carbonyl (C=O) groups is 1. The summed E-state index contributed by atoms with van der Waals surface area (Å²) >= 11 is 0. The number of fused-ring (bicyclic) bond motifs is 1. The molecule has 0 aliphatic rings. The zero-order valence-electron chi connectivity index (χ0n) is 14.6. The fraction of sp³-hybridized carbons (Fsp3) is 0.190. The molecule has 0 saturated carbocycles. The first-order valence-corrected chi connectivity index (χ1v) is 8.51. The minimum Gasteiger partial charge on any atom is -0.354 e. The molecule has 0 radical (unpaired) electrons. The van der Waals surface area contributed by atoms with E-state index >= 15 is 0 Å². The maximum absolute atomic E-state index is 13.8. The minimum atomic E-state index is -0.343. The summed E-state index contributed by atoms with van der Waals surface area (Å²) in [5.74, 6) is -0.618. The van der Waals surface area contributed by atoms with Gasteiger partial charge in [-0.25, -0.2) is 4.39 Å². The Balaban J connectivity index is 1.95. The number of H-pyrrole nitrogens is 1. The first-order chi connectivity index (χ1) is 13.1. The highest BCUT2D eigenvalue weighted by Gasteiger charge is 2.18. The predicted octanol–water partition coefficient (Wildman–Crippen LogP) is 3.78. The molecule has 1 heterocycles. The summed E-state index contributed by atoms with van der Waals surface area (Å²) < 4.78 is 13.8. The molecule has 134 valence electrons. The largest absolute Gasteiger partial charge is 0.354 e. The van der Waals surface area contributed by atoms with E-state index in [-0.39, 0.29) is 31.2 Å². The number of carbonyl (C=O) groups excluding carboxylic acids is 1. The van der Waals surface area contributed by atoms with E-state index in [9.17, 15) is 9.18 Å². The number of aryl methyl sites for hydroxylation is 1. The normalized spacial score (nSPS) is 10.3. The maximum Gasteiger partial charge on any atom is 0.224 e. The second-order valence-electron chi connectivity index (χ2n) is 6.10. The van der Waals surface area contributed by atoms with Crippen molar-refractivity contribution in [2.75, 3.05) is 13.1 Å². The van der Waals surface area contributed by atoms with E-state index < -0.39 is 0 Å². The van der Waals surface area contributed by atoms with E-state index in [1.54, 1.807) is 6.07 Å². The third-order valence-corrected chi connectivity index (χ3v) is 4.40. The van der Waals surface area contributed by atoms with Crippen molar-refractivity contribution in [2.24, 2.45) is 0 Å². The average Bonchev–Trinajstić information content (AvgIpc) is 3.04. The van der Waals surface area contributed by atoms with Gasteiger partial charge < -0.3 is 9.88 Å². The molecule has 0 fully saturated rings. The second kappa shape index (κ2) is 8.16. The van der Waals surface area contributed by atoms with Gasteiger partial charge in [0.2, 0.25) is 5.91 Å². The van der Waals surface area contributed by atoms with Gasteiger partial charge in [-0.05, 0) is 35.7 Å². The Morgan fingerprint density at radius 2 is 1.78 bits per heavy atom. The van der Waals surface area contributed by atoms with Gasteiger partial charge >= 0.3 is 0 Å². The lowest BCUT2D eigenvalue weighted by atomic mass is 10.0. The van der Waals surface area contributed by atoms with Crippen molar-refractivity contribution in [3.63, 3.8) is 0 Å². The third kappa shape index (κ3) is 3.96. The zero-order chi connectivity index (χ0) is 19.2. The van der Waals surface area contributed by atoms with E-state index in [2.05, 4.69) is 4.98 Å². The fourth-order valence-electron chi connectivity index (χ4n) is 3.12. The minimum absolute atomic E-state index is 0.125. The molecule has 0 spiro atoms. The summed E-state index contributed by atoms with van der Waals surface area (Å²) in [5, 5.41) is 18.4. The van der Waals surface area contributed by atoms with Gasteiger partial charge in [-0.15, -0.1) is 0 Å². The van der Waals surface area contributed by atoms with E-state index in [0.29, 0.717) is 6.42 Å². The van der Waals surface area contributed by atoms with Gasteiger partial charge in [0.1, 0.15) is 18.9 Å². The zero-order valence-corrected chi connectivity index (χ0v) is 14.6. The molecule has 6 heteroatoms. The molecule has 3 rings (SSSR count). The van der Waals surface area contributed by atoms with Crippen molar-refractivity contribution < 1.29 is 9.18 Å². The summed E-state index contributed by atoms with van der Waals surface area (Å²) in [7, 11) is 0. The number of hydrogen-bond donors (Lipinski definition) is 1. The topological polar surface area (TPSA) is 83.7 Å². The highest BCUT2D eigenvalue weighted by Crippen LogP contribution is 2.31. The predicted molar refractivity (Wildman–Crippen MR) is 99.8 cm³/mol. The molecule has 0 bridgehead atoms. The monoisotopic (exact) mass is 360 g/mol. The van der Waals surface area contributed by atoms with Gasteiger partial charge in [-0.3, -0.25) is 4.79 Å². The lowest BCUT2D eigenvalue weighted by Crippen LogP contribution is -2.31. The Kier molecular flexibility index (Phi) is 5.49. The van der Waals surface area contributed by atoms with Crippen molar-refractivity contribution >= 4 is 16.8 Å². The van der Waals surface area contributed by atoms with Crippen molar-refractivity contribution in [2.45, 2.75) is 12.8 Å². The van der Waals surface area contributed by atoms with E-state index in [1.807, 2.05) is 42.5 Å². The number of nitrogens with one attached hydrogen (secondary N) is 1. The van der Waals surface area contributed by atoms with Crippen LogP contribution in [-0.4, -0.2) is 28.9 Å². The lowest BCUT2D eigenvalue weighted by molar-refractivity contribution is -0.129. The summed E-state index contributed by atoms with van der Waals surface area (Å²) in [5.41, 5.74) is 3.43. The molecule has 27 heavy (non-hydrogen) atoms. The molecule has 2 aromatic carbocycles. The van der Waals surface area contributed by atoms with Gasteiger partial charge in [0.25, 0.3) is 0 Å². The van der Waals surface area contributed by atoms with Crippen LogP contribution in [0.2, 0.25) is 0 Å². The van der Waals surface area contributed by atoms with Crippen molar-refractivity contribution in [3.05, 3.63) is 59.9 Å². The van der Waals surface area contributed by atoms with Crippen LogP contribution in [0.4, 0.5) is 4.39 Å². The number of nitriles is 2. The number of rotatable bonds is 6. The third-order valence-electron chi connectivity index (χ3n) is 4.40. The van der Waals surface area contributed by atoms with Gasteiger partial charge in [0.15, 0.2) is 0 Å². The molecule has 1 amide bonds. The molecule has 0 aliphatic heterocycles. The van der Waals surface area contributed by atoms with Crippen LogP contribution in [0.15, 0.2) is 48.5 Å². The summed E-state index contributed by atoms with van der Waals surface area (Å²) in [6, 6.07) is 18.0. The van der Waals surface area contributed by atoms with Crippen LogP contribution in [0.3, 0.4) is 0 Å². The summed E-state index contributed by atoms with van der Waals surface area (Å²) in [4.78, 5) is 16.9. The van der Waals surface area contributed by atoms with Gasteiger partial charge in [-0.1, -0.05) is 30.3 Å². The molecule has 0 aliphatic carbocycles. The van der Waals surface area contributed by atoms with Crippen LogP contribution in [0.25, 0.3) is 22.2 Å². The quantitative estimate of drug-likeness (QED) is 0.679. The molecule has 0 saturated heterocycles. The number of halogens is 1. The number of aromatic nitrogens is 1. The van der Waals surface area contributed by atoms with Gasteiger partial charge in [0.05, 0.1) is 12.1 Å². The number of benzene rings is 2. The molecule has 3 aromatic rings. The van der Waals surface area contributed by atoms with Crippen LogP contribution >= 0.6 is 0 Å². The summed E-state index contributed by atoms with van der Waals surface area (Å²) in [6.45, 7) is -0.249. The number of aromatic amines is 1. The average molecular weight is 360 g/mol.